The molecule has 0 aliphatic rings. The van der Waals surface area contributed by atoms with Crippen molar-refractivity contribution in [3.8, 4) is 0 Å². The van der Waals surface area contributed by atoms with E-state index in [4.69, 9.17) is 0 Å². The third kappa shape index (κ3) is 11.6. The molecule has 0 heterocycles. The molecule has 0 spiro atoms. The second kappa shape index (κ2) is 2.30. The Morgan fingerprint density at radius 2 is 2.00 bits per heavy atom. The van der Waals surface area contributed by atoms with E-state index in [1.165, 1.54) is 0 Å². The summed E-state index contributed by atoms with van der Waals surface area (Å²) in [6.07, 6.45) is -1.02. The van der Waals surface area contributed by atoms with Gasteiger partial charge in [0.2, 0.25) is 0 Å². The third-order valence-electron chi connectivity index (χ3n) is 0. The first kappa shape index (κ1) is 5.05. The summed E-state index contributed by atoms with van der Waals surface area (Å²) in [5.41, 5.74) is 0. The molecule has 0 N–H and O–H groups in total. The van der Waals surface area contributed by atoms with Gasteiger partial charge < -0.3 is 0 Å². The second-order valence-electron chi connectivity index (χ2n) is 0.303. The van der Waals surface area contributed by atoms with Crippen LogP contribution < -0.4 is 0 Å². The molecule has 0 aromatic carbocycles. The van der Waals surface area contributed by atoms with Crippen molar-refractivity contribution in [1.29, 1.82) is 0 Å². The Morgan fingerprint density at radius 3 is 2.00 bits per heavy atom. The minimum absolute atomic E-state index is 1.02. The van der Waals surface area contributed by atoms with Gasteiger partial charge in [-0.2, -0.15) is 0 Å². The number of hydrogen-bond donors (Lipinski definition) is 0. The maximum absolute atomic E-state index is 9.53. The van der Waals surface area contributed by atoms with Gasteiger partial charge in [0.15, 0.2) is 0 Å². The van der Waals surface area contributed by atoms with Gasteiger partial charge in [-0.05, 0) is 0 Å². The van der Waals surface area contributed by atoms with Gasteiger partial charge in [0.25, 0.3) is 0 Å². The Labute approximate surface area is 35.8 Å². The summed E-state index contributed by atoms with van der Waals surface area (Å²) in [7, 11) is 2.14. The van der Waals surface area contributed by atoms with Crippen molar-refractivity contribution in [1.82, 2.24) is 0 Å². The Balaban J connectivity index is 2.80. The van der Waals surface area contributed by atoms with Gasteiger partial charge in [-0.1, -0.05) is 0 Å². The maximum atomic E-state index is 9.53. The van der Waals surface area contributed by atoms with E-state index in [1.807, 2.05) is 15.6 Å². The summed E-state index contributed by atoms with van der Waals surface area (Å²) in [6, 6.07) is 0. The van der Waals surface area contributed by atoms with Crippen LogP contribution in [0.5, 0.6) is 0 Å². The van der Waals surface area contributed by atoms with Gasteiger partial charge in [-0.15, -0.1) is 0 Å². The Hall–Kier alpha value is 1.05. The first-order valence-electron chi connectivity index (χ1n) is 0.641. The van der Waals surface area contributed by atoms with Crippen LogP contribution in [-0.2, 0) is 4.57 Å². The van der Waals surface area contributed by atoms with Gasteiger partial charge in [-0.3, -0.25) is 0 Å². The molecule has 0 aromatic rings. The molecule has 24 valence electrons. The molecular weight excluding hydrogens is 157 g/mol. The molecule has 0 radical (unpaired) electrons. The van der Waals surface area contributed by atoms with Gasteiger partial charge in [0, 0.05) is 0 Å². The van der Waals surface area contributed by atoms with Crippen LogP contribution in [0.25, 0.3) is 0 Å². The minimum atomic E-state index is -1.02. The number of rotatable bonds is 0. The summed E-state index contributed by atoms with van der Waals surface area (Å²) in [5, 5.41) is 0. The van der Waals surface area contributed by atoms with Gasteiger partial charge in [-0.25, -0.2) is 0 Å². The van der Waals surface area contributed by atoms with Crippen LogP contribution in [0.1, 0.15) is 0 Å². The summed E-state index contributed by atoms with van der Waals surface area (Å²) in [5.74, 6) is 0. The first-order valence-corrected chi connectivity index (χ1v) is 5.99. The van der Waals surface area contributed by atoms with E-state index in [0.717, 1.165) is 0 Å². The van der Waals surface area contributed by atoms with Crippen LogP contribution in [0.3, 0.4) is 0 Å². The van der Waals surface area contributed by atoms with Gasteiger partial charge >= 0.3 is 35.2 Å². The van der Waals surface area contributed by atoms with Gasteiger partial charge in [0.05, 0.1) is 0 Å². The van der Waals surface area contributed by atoms with E-state index in [2.05, 4.69) is 8.93 Å². The van der Waals surface area contributed by atoms with Crippen LogP contribution in [0.4, 0.5) is 0 Å². The fourth-order valence-corrected chi connectivity index (χ4v) is 0. The van der Waals surface area contributed by atoms with E-state index < -0.39 is 6.18 Å². The molecule has 2 atom stereocenters. The normalized spacial score (nSPS) is 11.0. The molecule has 0 aliphatic heterocycles. The van der Waals surface area contributed by atoms with E-state index in [9.17, 15) is 4.57 Å². The zero-order valence-corrected chi connectivity index (χ0v) is 5.81. The SMILES string of the molecule is O=[P+](P)[SeH]. The average molecular weight is 160 g/mol. The Bertz CT molecular complexity index is 29.0. The van der Waals surface area contributed by atoms with E-state index in [0.29, 0.717) is 0 Å². The molecule has 0 rings (SSSR count). The quantitative estimate of drug-likeness (QED) is 0.370. The molecule has 1 nitrogen and oxygen atoms in total. The molecule has 4 heteroatoms. The Morgan fingerprint density at radius 1 is 2.00 bits per heavy atom. The zero-order valence-electron chi connectivity index (χ0n) is 1.88. The van der Waals surface area contributed by atoms with Crippen molar-refractivity contribution in [3.05, 3.63) is 0 Å². The van der Waals surface area contributed by atoms with E-state index in [1.54, 1.807) is 0 Å². The van der Waals surface area contributed by atoms with Crippen molar-refractivity contribution in [3.63, 3.8) is 0 Å². The molecule has 4 heavy (non-hydrogen) atoms. The summed E-state index contributed by atoms with van der Waals surface area (Å²) < 4.78 is 9.53. The standard InChI is InChI=1S/H2OP2Se/c1-3(2)4/h2H2/p+1. The van der Waals surface area contributed by atoms with Gasteiger partial charge in [0.1, 0.15) is 0 Å². The zero-order chi connectivity index (χ0) is 3.58. The molecule has 0 saturated carbocycles. The summed E-state index contributed by atoms with van der Waals surface area (Å²) in [4.78, 5) is 0. The molecule has 0 bridgehead atoms. The summed E-state index contributed by atoms with van der Waals surface area (Å²) >= 11 is 2.01. The monoisotopic (exact) mass is 161 g/mol. The van der Waals surface area contributed by atoms with Crippen molar-refractivity contribution in [2.75, 3.05) is 0 Å². The second-order valence-corrected chi connectivity index (χ2v) is 7.62. The predicted octanol–water partition coefficient (Wildman–Crippen LogP) is 0.420. The fourth-order valence-electron chi connectivity index (χ4n) is 0. The van der Waals surface area contributed by atoms with E-state index in [-0.39, 0.29) is 0 Å². The number of hydrogen-bond acceptors (Lipinski definition) is 1. The van der Waals surface area contributed by atoms with Crippen LogP contribution in [0, 0.1) is 0 Å². The van der Waals surface area contributed by atoms with Crippen molar-refractivity contribution in [2.24, 2.45) is 0 Å². The van der Waals surface area contributed by atoms with Crippen molar-refractivity contribution >= 4 is 30.7 Å². The first-order chi connectivity index (χ1) is 1.73. The molecule has 0 saturated heterocycles. The predicted molar refractivity (Wildman–Crippen MR) is 24.5 cm³/mol. The molecular formula is H3OP2Se+. The molecule has 0 fully saturated rings. The Kier molecular flexibility index (Phi) is 2.90. The average Bonchev–Trinajstić information content (AvgIpc) is 0.811. The summed E-state index contributed by atoms with van der Waals surface area (Å²) in [6.45, 7) is 0. The van der Waals surface area contributed by atoms with Crippen LogP contribution in [0.15, 0.2) is 0 Å². The fraction of sp³-hybridized carbons (Fsp3) is 0. The van der Waals surface area contributed by atoms with Crippen molar-refractivity contribution < 1.29 is 4.57 Å². The van der Waals surface area contributed by atoms with E-state index >= 15 is 0 Å². The molecule has 0 amide bonds. The molecule has 0 aromatic heterocycles. The van der Waals surface area contributed by atoms with Crippen LogP contribution in [-0.4, -0.2) is 15.6 Å². The van der Waals surface area contributed by atoms with Crippen molar-refractivity contribution in [2.45, 2.75) is 0 Å². The van der Waals surface area contributed by atoms with Crippen LogP contribution in [0.2, 0.25) is 0 Å². The van der Waals surface area contributed by atoms with Crippen LogP contribution >= 0.6 is 15.1 Å². The topological polar surface area (TPSA) is 17.1 Å². The third-order valence-corrected chi connectivity index (χ3v) is 0. The molecule has 2 unspecified atom stereocenters. The molecule has 0 aliphatic carbocycles.